The van der Waals surface area contributed by atoms with Crippen molar-refractivity contribution in [2.75, 3.05) is 11.9 Å². The van der Waals surface area contributed by atoms with Crippen molar-refractivity contribution in [2.45, 2.75) is 104 Å². The predicted molar refractivity (Wildman–Crippen MR) is 176 cm³/mol. The van der Waals surface area contributed by atoms with Crippen LogP contribution in [0.5, 0.6) is 0 Å². The standard InChI is InChI=1S/C35H50N4O5/c1-8-10-11-12-13-14-21-39(33(42)28(23-29(36)40)37-34(43)44-35(5,6)7)31(27-20-16-19-26(9-2)22-27)32(41)38-30-24(3)17-15-18-25(30)4/h9,15-20,22,28,31H,2,8,10-14,21,23H2,1,3-7H3,(H2,36,40)(H,37,43)(H,38,41). The first-order valence-electron chi connectivity index (χ1n) is 15.4. The molecule has 0 radical (unpaired) electrons. The van der Waals surface area contributed by atoms with Crippen LogP contribution in [0.25, 0.3) is 6.08 Å². The van der Waals surface area contributed by atoms with Gasteiger partial charge in [-0.2, -0.15) is 0 Å². The number of alkyl carbamates (subject to hydrolysis) is 1. The van der Waals surface area contributed by atoms with Crippen LogP contribution in [0, 0.1) is 13.8 Å². The van der Waals surface area contributed by atoms with Gasteiger partial charge in [-0.05, 0) is 69.4 Å². The molecule has 0 bridgehead atoms. The molecule has 0 aliphatic heterocycles. The Morgan fingerprint density at radius 1 is 0.977 bits per heavy atom. The lowest BCUT2D eigenvalue weighted by Gasteiger charge is -2.34. The van der Waals surface area contributed by atoms with Crippen molar-refractivity contribution < 1.29 is 23.9 Å². The van der Waals surface area contributed by atoms with Crippen LogP contribution in [0.2, 0.25) is 0 Å². The summed E-state index contributed by atoms with van der Waals surface area (Å²) >= 11 is 0. The smallest absolute Gasteiger partial charge is 0.408 e. The topological polar surface area (TPSA) is 131 Å². The lowest BCUT2D eigenvalue weighted by atomic mass is 9.98. The monoisotopic (exact) mass is 606 g/mol. The highest BCUT2D eigenvalue weighted by molar-refractivity contribution is 6.00. The second-order valence-corrected chi connectivity index (χ2v) is 12.2. The molecule has 2 unspecified atom stereocenters. The molecule has 240 valence electrons. The number of benzene rings is 2. The van der Waals surface area contributed by atoms with E-state index in [-0.39, 0.29) is 6.54 Å². The highest BCUT2D eigenvalue weighted by Gasteiger charge is 2.37. The van der Waals surface area contributed by atoms with Gasteiger partial charge in [0.25, 0.3) is 5.91 Å². The molecule has 0 aromatic heterocycles. The van der Waals surface area contributed by atoms with Crippen molar-refractivity contribution in [1.29, 1.82) is 0 Å². The lowest BCUT2D eigenvalue weighted by Crippen LogP contribution is -2.53. The number of carbonyl (C=O) groups is 4. The molecule has 0 saturated heterocycles. The number of ether oxygens (including phenoxy) is 1. The maximum Gasteiger partial charge on any atom is 0.408 e. The quantitative estimate of drug-likeness (QED) is 0.186. The fraction of sp³-hybridized carbons (Fsp3) is 0.486. The molecule has 0 spiro atoms. The second-order valence-electron chi connectivity index (χ2n) is 12.2. The van der Waals surface area contributed by atoms with Gasteiger partial charge in [-0.1, -0.05) is 88.1 Å². The van der Waals surface area contributed by atoms with Gasteiger partial charge in [-0.3, -0.25) is 14.4 Å². The van der Waals surface area contributed by atoms with Crippen molar-refractivity contribution in [3.8, 4) is 0 Å². The van der Waals surface area contributed by atoms with E-state index in [9.17, 15) is 19.2 Å². The number of carbonyl (C=O) groups excluding carboxylic acids is 4. The number of anilines is 1. The number of hydrogen-bond donors (Lipinski definition) is 3. The van der Waals surface area contributed by atoms with Crippen molar-refractivity contribution in [3.63, 3.8) is 0 Å². The van der Waals surface area contributed by atoms with Crippen LogP contribution < -0.4 is 16.4 Å². The number of unbranched alkanes of at least 4 members (excludes halogenated alkanes) is 5. The van der Waals surface area contributed by atoms with Gasteiger partial charge in [0.15, 0.2) is 0 Å². The molecule has 44 heavy (non-hydrogen) atoms. The first-order valence-corrected chi connectivity index (χ1v) is 15.4. The number of aryl methyl sites for hydroxylation is 2. The second kappa shape index (κ2) is 17.2. The zero-order valence-electron chi connectivity index (χ0n) is 27.2. The molecule has 0 aliphatic rings. The lowest BCUT2D eigenvalue weighted by molar-refractivity contribution is -0.142. The number of primary amides is 1. The average Bonchev–Trinajstić information content (AvgIpc) is 2.94. The van der Waals surface area contributed by atoms with Crippen LogP contribution in [0.4, 0.5) is 10.5 Å². The van der Waals surface area contributed by atoms with Crippen LogP contribution in [-0.2, 0) is 19.1 Å². The number of amides is 4. The molecule has 2 aromatic carbocycles. The summed E-state index contributed by atoms with van der Waals surface area (Å²) in [5.74, 6) is -1.80. The molecular weight excluding hydrogens is 556 g/mol. The third kappa shape index (κ3) is 11.5. The number of hydrogen-bond acceptors (Lipinski definition) is 5. The minimum absolute atomic E-state index is 0.222. The molecule has 0 saturated carbocycles. The van der Waals surface area contributed by atoms with Gasteiger partial charge >= 0.3 is 6.09 Å². The van der Waals surface area contributed by atoms with Gasteiger partial charge in [0.1, 0.15) is 17.7 Å². The number of nitrogens with two attached hydrogens (primary N) is 1. The number of nitrogens with zero attached hydrogens (tertiary/aromatic N) is 1. The Morgan fingerprint density at radius 3 is 2.18 bits per heavy atom. The Hall–Kier alpha value is -4.14. The highest BCUT2D eigenvalue weighted by Crippen LogP contribution is 2.28. The Labute approximate surface area is 262 Å². The zero-order valence-corrected chi connectivity index (χ0v) is 27.2. The van der Waals surface area contributed by atoms with Crippen molar-refractivity contribution in [1.82, 2.24) is 10.2 Å². The van der Waals surface area contributed by atoms with E-state index in [1.165, 1.54) is 4.90 Å². The summed E-state index contributed by atoms with van der Waals surface area (Å²) in [5, 5.41) is 5.60. The van der Waals surface area contributed by atoms with Crippen LogP contribution >= 0.6 is 0 Å². The fourth-order valence-electron chi connectivity index (χ4n) is 5.01. The predicted octanol–water partition coefficient (Wildman–Crippen LogP) is 6.58. The van der Waals surface area contributed by atoms with Gasteiger partial charge in [0.2, 0.25) is 11.8 Å². The van der Waals surface area contributed by atoms with E-state index < -0.39 is 47.9 Å². The van der Waals surface area contributed by atoms with Gasteiger partial charge in [0.05, 0.1) is 6.42 Å². The highest BCUT2D eigenvalue weighted by atomic mass is 16.6. The molecule has 0 fully saturated rings. The summed E-state index contributed by atoms with van der Waals surface area (Å²) in [5.41, 5.74) is 8.47. The summed E-state index contributed by atoms with van der Waals surface area (Å²) in [6.07, 6.45) is 6.12. The molecular formula is C35H50N4O5. The van der Waals surface area contributed by atoms with E-state index in [0.717, 1.165) is 48.8 Å². The largest absolute Gasteiger partial charge is 0.444 e. The molecule has 4 amide bonds. The van der Waals surface area contributed by atoms with Crippen LogP contribution in [0.15, 0.2) is 49.0 Å². The van der Waals surface area contributed by atoms with Gasteiger partial charge in [-0.25, -0.2) is 4.79 Å². The summed E-state index contributed by atoms with van der Waals surface area (Å²) in [6, 6.07) is 10.6. The van der Waals surface area contributed by atoms with Gasteiger partial charge < -0.3 is 26.0 Å². The van der Waals surface area contributed by atoms with E-state index in [1.54, 1.807) is 39.0 Å². The maximum absolute atomic E-state index is 14.4. The molecule has 2 aromatic rings. The molecule has 4 N–H and O–H groups in total. The van der Waals surface area contributed by atoms with Crippen LogP contribution in [0.3, 0.4) is 0 Å². The zero-order chi connectivity index (χ0) is 32.9. The summed E-state index contributed by atoms with van der Waals surface area (Å²) in [4.78, 5) is 54.9. The normalized spacial score (nSPS) is 12.5. The number of rotatable bonds is 16. The fourth-order valence-corrected chi connectivity index (χ4v) is 5.01. The van der Waals surface area contributed by atoms with E-state index in [0.29, 0.717) is 17.7 Å². The van der Waals surface area contributed by atoms with E-state index in [2.05, 4.69) is 24.1 Å². The van der Waals surface area contributed by atoms with Crippen molar-refractivity contribution in [3.05, 3.63) is 71.3 Å². The summed E-state index contributed by atoms with van der Waals surface area (Å²) in [6.45, 7) is 15.1. The van der Waals surface area contributed by atoms with Crippen LogP contribution in [-0.4, -0.2) is 46.9 Å². The molecule has 9 heteroatoms. The minimum atomic E-state index is -1.33. The number of para-hydroxylation sites is 1. The van der Waals surface area contributed by atoms with Gasteiger partial charge in [-0.15, -0.1) is 0 Å². The Bertz CT molecular complexity index is 1280. The minimum Gasteiger partial charge on any atom is -0.444 e. The number of nitrogens with one attached hydrogen (secondary N) is 2. The third-order valence-corrected chi connectivity index (χ3v) is 7.18. The Balaban J connectivity index is 2.60. The Morgan fingerprint density at radius 2 is 1.59 bits per heavy atom. The van der Waals surface area contributed by atoms with Gasteiger partial charge in [0, 0.05) is 12.2 Å². The first-order chi connectivity index (χ1) is 20.8. The molecule has 0 aliphatic carbocycles. The molecule has 2 atom stereocenters. The Kier molecular flexibility index (Phi) is 14.1. The van der Waals surface area contributed by atoms with Crippen molar-refractivity contribution in [2.24, 2.45) is 5.73 Å². The molecule has 0 heterocycles. The van der Waals surface area contributed by atoms with Crippen LogP contribution in [0.1, 0.15) is 101 Å². The van der Waals surface area contributed by atoms with Crippen molar-refractivity contribution >= 4 is 35.6 Å². The molecule has 2 rings (SSSR count). The maximum atomic E-state index is 14.4. The SMILES string of the molecule is C=Cc1cccc(C(C(=O)Nc2c(C)cccc2C)N(CCCCCCCC)C(=O)C(CC(N)=O)NC(=O)OC(C)(C)C)c1. The van der Waals surface area contributed by atoms with E-state index in [4.69, 9.17) is 10.5 Å². The molecule has 9 nitrogen and oxygen atoms in total. The van der Waals surface area contributed by atoms with E-state index >= 15 is 0 Å². The summed E-state index contributed by atoms with van der Waals surface area (Å²) in [7, 11) is 0. The average molecular weight is 607 g/mol. The summed E-state index contributed by atoms with van der Waals surface area (Å²) < 4.78 is 5.38. The third-order valence-electron chi connectivity index (χ3n) is 7.18. The first kappa shape index (κ1) is 36.1. The van der Waals surface area contributed by atoms with E-state index in [1.807, 2.05) is 44.2 Å².